The number of carboxylic acids is 1. The second-order valence-corrected chi connectivity index (χ2v) is 10.3. The maximum atomic E-state index is 13.7. The third-order valence-corrected chi connectivity index (χ3v) is 7.29. The van der Waals surface area contributed by atoms with E-state index in [4.69, 9.17) is 16.3 Å². The molecule has 2 aromatic carbocycles. The van der Waals surface area contributed by atoms with Crippen LogP contribution < -0.4 is 15.0 Å². The molecule has 1 fully saturated rings. The summed E-state index contributed by atoms with van der Waals surface area (Å²) < 4.78 is 6.00. The number of piperidine rings is 1. The van der Waals surface area contributed by atoms with Crippen LogP contribution in [0.3, 0.4) is 0 Å². The van der Waals surface area contributed by atoms with Gasteiger partial charge < -0.3 is 25.0 Å². The molecule has 2 aromatic rings. The molecule has 2 aliphatic rings. The Morgan fingerprint density at radius 1 is 1.14 bits per heavy atom. The molecule has 2 amide bonds. The number of ether oxygens (including phenoxy) is 1. The van der Waals surface area contributed by atoms with Gasteiger partial charge in [0.25, 0.3) is 5.91 Å². The lowest BCUT2D eigenvalue weighted by atomic mass is 9.95. The van der Waals surface area contributed by atoms with E-state index in [2.05, 4.69) is 5.32 Å². The Hall–Kier alpha value is -3.10. The largest absolute Gasteiger partial charge is 0.494 e. The van der Waals surface area contributed by atoms with Crippen LogP contribution in [0.5, 0.6) is 5.75 Å². The fourth-order valence-electron chi connectivity index (χ4n) is 4.61. The average Bonchev–Trinajstić information content (AvgIpc) is 2.96. The molecule has 2 N–H and O–H groups in total. The number of anilines is 1. The van der Waals surface area contributed by atoms with Gasteiger partial charge >= 0.3 is 5.97 Å². The molecule has 2 aliphatic heterocycles. The lowest BCUT2D eigenvalue weighted by Crippen LogP contribution is -2.55. The summed E-state index contributed by atoms with van der Waals surface area (Å²) in [5.41, 5.74) is -0.0798. The summed E-state index contributed by atoms with van der Waals surface area (Å²) in [5.74, 6) is -0.956. The lowest BCUT2D eigenvalue weighted by molar-refractivity contribution is -0.148. The van der Waals surface area contributed by atoms with Crippen molar-refractivity contribution < 1.29 is 24.2 Å². The Morgan fingerprint density at radius 3 is 2.50 bits per heavy atom. The van der Waals surface area contributed by atoms with Gasteiger partial charge in [0.2, 0.25) is 5.91 Å². The molecule has 2 heterocycles. The molecule has 0 aliphatic carbocycles. The minimum atomic E-state index is -1.58. The van der Waals surface area contributed by atoms with E-state index in [-0.39, 0.29) is 24.6 Å². The van der Waals surface area contributed by atoms with Gasteiger partial charge in [-0.2, -0.15) is 0 Å². The summed E-state index contributed by atoms with van der Waals surface area (Å²) in [6.07, 6.45) is 3.16. The van der Waals surface area contributed by atoms with Crippen LogP contribution in [0.25, 0.3) is 0 Å². The predicted molar refractivity (Wildman–Crippen MR) is 138 cm³/mol. The predicted octanol–water partition coefficient (Wildman–Crippen LogP) is 3.96. The number of carbonyl (C=O) groups excluding carboxylic acids is 2. The third kappa shape index (κ3) is 5.65. The second-order valence-electron chi connectivity index (χ2n) is 9.87. The molecule has 9 heteroatoms. The number of nitrogens with zero attached hydrogens (tertiary/aromatic N) is 2. The number of amides is 2. The first-order valence-corrected chi connectivity index (χ1v) is 12.6. The zero-order valence-corrected chi connectivity index (χ0v) is 21.4. The standard InChI is InChI=1S/C27H32ClN3O5/c1-27(2,26(34)35)31-17-24(32)30(16-19-3-5-20(28)6-4-19)23-8-7-21(15-22(23)25(31)33)36-14-11-18-9-12-29-13-10-18/h3-8,15,18,29H,9-14,16-17H2,1-2H3,(H,34,35). The minimum Gasteiger partial charge on any atom is -0.494 e. The van der Waals surface area contributed by atoms with E-state index in [1.807, 2.05) is 12.1 Å². The van der Waals surface area contributed by atoms with Gasteiger partial charge in [0.15, 0.2) is 0 Å². The van der Waals surface area contributed by atoms with Crippen LogP contribution in [0.4, 0.5) is 5.69 Å². The van der Waals surface area contributed by atoms with Gasteiger partial charge in [-0.05, 0) is 88.0 Å². The SMILES string of the molecule is CC(C)(C(=O)O)N1CC(=O)N(Cc2ccc(Cl)cc2)c2ccc(OCCC3CCNCC3)cc2C1=O. The van der Waals surface area contributed by atoms with Crippen molar-refractivity contribution in [1.29, 1.82) is 0 Å². The van der Waals surface area contributed by atoms with Gasteiger partial charge in [0.1, 0.15) is 17.8 Å². The molecule has 4 rings (SSSR count). The number of hydrogen-bond donors (Lipinski definition) is 2. The number of carboxylic acid groups (broad SMARTS) is 1. The molecule has 0 bridgehead atoms. The van der Waals surface area contributed by atoms with Crippen molar-refractivity contribution in [3.05, 3.63) is 58.6 Å². The molecule has 0 radical (unpaired) electrons. The molecule has 8 nitrogen and oxygen atoms in total. The highest BCUT2D eigenvalue weighted by Gasteiger charge is 2.43. The fraction of sp³-hybridized carbons (Fsp3) is 0.444. The number of halogens is 1. The molecule has 1 saturated heterocycles. The van der Waals surface area contributed by atoms with Crippen LogP contribution in [-0.2, 0) is 16.1 Å². The highest BCUT2D eigenvalue weighted by molar-refractivity contribution is 6.30. The monoisotopic (exact) mass is 513 g/mol. The zero-order chi connectivity index (χ0) is 25.9. The van der Waals surface area contributed by atoms with Crippen LogP contribution in [0, 0.1) is 5.92 Å². The third-order valence-electron chi connectivity index (χ3n) is 7.03. The number of carbonyl (C=O) groups is 3. The number of rotatable bonds is 8. The molecule has 0 saturated carbocycles. The van der Waals surface area contributed by atoms with Crippen molar-refractivity contribution in [1.82, 2.24) is 10.2 Å². The van der Waals surface area contributed by atoms with Crippen LogP contribution in [0.15, 0.2) is 42.5 Å². The molecule has 0 aromatic heterocycles. The first-order valence-electron chi connectivity index (χ1n) is 12.2. The van der Waals surface area contributed by atoms with Crippen molar-refractivity contribution in [3.63, 3.8) is 0 Å². The summed E-state index contributed by atoms with van der Waals surface area (Å²) in [6.45, 7) is 5.27. The number of hydrogen-bond acceptors (Lipinski definition) is 5. The Balaban J connectivity index is 1.64. The normalized spacial score (nSPS) is 17.1. The molecule has 192 valence electrons. The summed E-state index contributed by atoms with van der Waals surface area (Å²) >= 11 is 6.01. The van der Waals surface area contributed by atoms with Gasteiger partial charge in [-0.25, -0.2) is 4.79 Å². The van der Waals surface area contributed by atoms with E-state index >= 15 is 0 Å². The highest BCUT2D eigenvalue weighted by atomic mass is 35.5. The highest BCUT2D eigenvalue weighted by Crippen LogP contribution is 2.33. The maximum Gasteiger partial charge on any atom is 0.329 e. The maximum absolute atomic E-state index is 13.7. The summed E-state index contributed by atoms with van der Waals surface area (Å²) in [6, 6.07) is 12.2. The fourth-order valence-corrected chi connectivity index (χ4v) is 4.74. The van der Waals surface area contributed by atoms with Crippen molar-refractivity contribution in [3.8, 4) is 5.75 Å². The Morgan fingerprint density at radius 2 is 1.83 bits per heavy atom. The second kappa shape index (κ2) is 10.9. The van der Waals surface area contributed by atoms with Crippen molar-refractivity contribution in [2.24, 2.45) is 5.92 Å². The molecular weight excluding hydrogens is 482 g/mol. The smallest absolute Gasteiger partial charge is 0.329 e. The Kier molecular flexibility index (Phi) is 7.85. The first kappa shape index (κ1) is 26.0. The average molecular weight is 514 g/mol. The number of nitrogens with one attached hydrogen (secondary N) is 1. The van der Waals surface area contributed by atoms with E-state index in [9.17, 15) is 19.5 Å². The van der Waals surface area contributed by atoms with Gasteiger partial charge in [0.05, 0.1) is 24.4 Å². The van der Waals surface area contributed by atoms with Crippen LogP contribution in [0.1, 0.15) is 49.0 Å². The zero-order valence-electron chi connectivity index (χ0n) is 20.6. The topological polar surface area (TPSA) is 99.2 Å². The molecule has 0 atom stereocenters. The first-order chi connectivity index (χ1) is 17.2. The van der Waals surface area contributed by atoms with Gasteiger partial charge in [0, 0.05) is 5.02 Å². The Labute approximate surface area is 216 Å². The molecular formula is C27H32ClN3O5. The van der Waals surface area contributed by atoms with E-state index in [0.717, 1.165) is 42.8 Å². The number of fused-ring (bicyclic) bond motifs is 1. The van der Waals surface area contributed by atoms with Gasteiger partial charge in [-0.1, -0.05) is 23.7 Å². The van der Waals surface area contributed by atoms with Gasteiger partial charge in [-0.15, -0.1) is 0 Å². The van der Waals surface area contributed by atoms with Crippen molar-refractivity contribution in [2.75, 3.05) is 31.1 Å². The summed E-state index contributed by atoms with van der Waals surface area (Å²) in [5, 5.41) is 13.7. The van der Waals surface area contributed by atoms with Gasteiger partial charge in [-0.3, -0.25) is 9.59 Å². The quantitative estimate of drug-likeness (QED) is 0.554. The molecule has 36 heavy (non-hydrogen) atoms. The van der Waals surface area contributed by atoms with Crippen LogP contribution >= 0.6 is 11.6 Å². The molecule has 0 unspecified atom stereocenters. The van der Waals surface area contributed by atoms with E-state index in [1.54, 1.807) is 30.3 Å². The van der Waals surface area contributed by atoms with Crippen LogP contribution in [0.2, 0.25) is 5.02 Å². The Bertz CT molecular complexity index is 1130. The van der Waals surface area contributed by atoms with E-state index < -0.39 is 17.4 Å². The summed E-state index contributed by atoms with van der Waals surface area (Å²) in [4.78, 5) is 41.7. The summed E-state index contributed by atoms with van der Waals surface area (Å²) in [7, 11) is 0. The van der Waals surface area contributed by atoms with E-state index in [1.165, 1.54) is 18.7 Å². The minimum absolute atomic E-state index is 0.216. The van der Waals surface area contributed by atoms with E-state index in [0.29, 0.717) is 29.0 Å². The molecule has 0 spiro atoms. The number of benzene rings is 2. The van der Waals surface area contributed by atoms with Crippen LogP contribution in [-0.4, -0.2) is 59.6 Å². The lowest BCUT2D eigenvalue weighted by Gasteiger charge is -2.33. The van der Waals surface area contributed by atoms with Crippen molar-refractivity contribution >= 4 is 35.1 Å². The number of aliphatic carboxylic acids is 1. The van der Waals surface area contributed by atoms with Crippen molar-refractivity contribution in [2.45, 2.75) is 45.2 Å².